The summed E-state index contributed by atoms with van der Waals surface area (Å²) >= 11 is 0. The summed E-state index contributed by atoms with van der Waals surface area (Å²) in [5, 5.41) is 3.78. The van der Waals surface area contributed by atoms with Crippen molar-refractivity contribution in [3.05, 3.63) is 30.2 Å². The zero-order valence-corrected chi connectivity index (χ0v) is 12.4. The van der Waals surface area contributed by atoms with E-state index in [4.69, 9.17) is 9.26 Å². The van der Waals surface area contributed by atoms with Gasteiger partial charge in [-0.15, -0.1) is 0 Å². The first-order valence-electron chi connectivity index (χ1n) is 7.03. The first kappa shape index (κ1) is 14.5. The van der Waals surface area contributed by atoms with Crippen molar-refractivity contribution in [2.24, 2.45) is 0 Å². The number of halogens is 1. The maximum Gasteiger partial charge on any atom is 0.414 e. The molecule has 6 nitrogen and oxygen atoms in total. The minimum absolute atomic E-state index is 0.0637. The second-order valence-electron chi connectivity index (χ2n) is 5.56. The molecule has 0 bridgehead atoms. The molecule has 116 valence electrons. The molecule has 1 aliphatic rings. The van der Waals surface area contributed by atoms with Gasteiger partial charge in [-0.05, 0) is 44.5 Å². The average Bonchev–Trinajstić information content (AvgIpc) is 2.98. The number of rotatable bonds is 3. The van der Waals surface area contributed by atoms with E-state index in [-0.39, 0.29) is 12.0 Å². The highest BCUT2D eigenvalue weighted by Crippen LogP contribution is 2.27. The zero-order chi connectivity index (χ0) is 15.7. The molecule has 7 heteroatoms. The summed E-state index contributed by atoms with van der Waals surface area (Å²) in [6, 6.07) is 7.07. The predicted molar refractivity (Wildman–Crippen MR) is 77.2 cm³/mol. The van der Waals surface area contributed by atoms with Crippen molar-refractivity contribution in [2.75, 3.05) is 18.1 Å². The summed E-state index contributed by atoms with van der Waals surface area (Å²) < 4.78 is 23.7. The molecule has 1 aromatic heterocycles. The first-order valence-corrected chi connectivity index (χ1v) is 7.03. The van der Waals surface area contributed by atoms with E-state index in [0.717, 1.165) is 12.1 Å². The Bertz CT molecular complexity index is 676. The van der Waals surface area contributed by atoms with Crippen LogP contribution in [0.4, 0.5) is 14.9 Å². The highest BCUT2D eigenvalue weighted by molar-refractivity contribution is 5.88. The van der Waals surface area contributed by atoms with Gasteiger partial charge in [0.1, 0.15) is 0 Å². The number of benzene rings is 1. The average molecular weight is 305 g/mol. The molecule has 0 aliphatic carbocycles. The van der Waals surface area contributed by atoms with Crippen LogP contribution in [0.15, 0.2) is 28.8 Å². The normalized spacial score (nSPS) is 15.8. The van der Waals surface area contributed by atoms with Gasteiger partial charge in [0.05, 0.1) is 6.61 Å². The van der Waals surface area contributed by atoms with Gasteiger partial charge in [0, 0.05) is 17.8 Å². The Morgan fingerprint density at radius 2 is 2.00 bits per heavy atom. The highest BCUT2D eigenvalue weighted by Gasteiger charge is 2.27. The Morgan fingerprint density at radius 1 is 1.27 bits per heavy atom. The van der Waals surface area contributed by atoms with Crippen molar-refractivity contribution >= 4 is 11.8 Å². The molecule has 0 radical (unpaired) electrons. The monoisotopic (exact) mass is 305 g/mol. The van der Waals surface area contributed by atoms with Gasteiger partial charge in [-0.1, -0.05) is 5.16 Å². The van der Waals surface area contributed by atoms with E-state index in [1.165, 1.54) is 13.8 Å². The van der Waals surface area contributed by atoms with Crippen molar-refractivity contribution in [3.8, 4) is 11.4 Å². The summed E-state index contributed by atoms with van der Waals surface area (Å²) in [5.74, 6) is 0.250. The minimum atomic E-state index is -1.68. The molecule has 3 rings (SSSR count). The highest BCUT2D eigenvalue weighted by atomic mass is 19.1. The van der Waals surface area contributed by atoms with Crippen LogP contribution in [-0.2, 0) is 10.4 Å². The minimum Gasteiger partial charge on any atom is -0.449 e. The quantitative estimate of drug-likeness (QED) is 0.870. The maximum atomic E-state index is 13.7. The Balaban J connectivity index is 1.82. The lowest BCUT2D eigenvalue weighted by Gasteiger charge is -2.26. The lowest BCUT2D eigenvalue weighted by molar-refractivity contribution is 0.140. The van der Waals surface area contributed by atoms with Crippen LogP contribution in [-0.4, -0.2) is 29.4 Å². The molecule has 22 heavy (non-hydrogen) atoms. The van der Waals surface area contributed by atoms with Crippen LogP contribution in [0.5, 0.6) is 0 Å². The standard InChI is InChI=1S/C15H16FN3O3/c1-15(2,16)13-17-12(18-22-13)10-4-6-11(7-5-10)19-8-3-9-21-14(19)20/h4-7H,3,8-9H2,1-2H3. The van der Waals surface area contributed by atoms with Crippen molar-refractivity contribution in [2.45, 2.75) is 25.9 Å². The fourth-order valence-electron chi connectivity index (χ4n) is 2.16. The van der Waals surface area contributed by atoms with Crippen LogP contribution in [0, 0.1) is 0 Å². The van der Waals surface area contributed by atoms with Crippen molar-refractivity contribution in [1.82, 2.24) is 10.1 Å². The smallest absolute Gasteiger partial charge is 0.414 e. The number of cyclic esters (lactones) is 1. The molecule has 2 heterocycles. The van der Waals surface area contributed by atoms with E-state index < -0.39 is 5.67 Å². The van der Waals surface area contributed by atoms with Gasteiger partial charge >= 0.3 is 6.09 Å². The van der Waals surface area contributed by atoms with Crippen molar-refractivity contribution in [3.63, 3.8) is 0 Å². The third-order valence-electron chi connectivity index (χ3n) is 3.34. The third-order valence-corrected chi connectivity index (χ3v) is 3.34. The zero-order valence-electron chi connectivity index (χ0n) is 12.4. The van der Waals surface area contributed by atoms with Crippen LogP contribution in [0.2, 0.25) is 0 Å². The molecule has 0 atom stereocenters. The Labute approximate surface area is 126 Å². The van der Waals surface area contributed by atoms with Crippen molar-refractivity contribution in [1.29, 1.82) is 0 Å². The molecule has 1 fully saturated rings. The second-order valence-corrected chi connectivity index (χ2v) is 5.56. The molecular weight excluding hydrogens is 289 g/mol. The van der Waals surface area contributed by atoms with Gasteiger partial charge in [-0.25, -0.2) is 9.18 Å². The molecule has 1 saturated heterocycles. The number of aromatic nitrogens is 2. The SMILES string of the molecule is CC(C)(F)c1nc(-c2ccc(N3CCCOC3=O)cc2)no1. The van der Waals surface area contributed by atoms with Crippen LogP contribution in [0.3, 0.4) is 0 Å². The summed E-state index contributed by atoms with van der Waals surface area (Å²) in [4.78, 5) is 17.3. The van der Waals surface area contributed by atoms with E-state index in [2.05, 4.69) is 10.1 Å². The van der Waals surface area contributed by atoms with Gasteiger partial charge in [-0.3, -0.25) is 4.90 Å². The Morgan fingerprint density at radius 3 is 2.59 bits per heavy atom. The van der Waals surface area contributed by atoms with Crippen LogP contribution >= 0.6 is 0 Å². The molecule has 0 N–H and O–H groups in total. The Hall–Kier alpha value is -2.44. The van der Waals surface area contributed by atoms with Gasteiger partial charge in [-0.2, -0.15) is 4.98 Å². The molecule has 1 aromatic carbocycles. The van der Waals surface area contributed by atoms with Gasteiger partial charge in [0.2, 0.25) is 5.82 Å². The fourth-order valence-corrected chi connectivity index (χ4v) is 2.16. The summed E-state index contributed by atoms with van der Waals surface area (Å²) in [5.41, 5.74) is -0.251. The maximum absolute atomic E-state index is 13.7. The summed E-state index contributed by atoms with van der Waals surface area (Å²) in [6.45, 7) is 3.80. The lowest BCUT2D eigenvalue weighted by Crippen LogP contribution is -2.37. The summed E-state index contributed by atoms with van der Waals surface area (Å²) in [6.07, 6.45) is 0.452. The molecular formula is C15H16FN3O3. The molecule has 1 aliphatic heterocycles. The number of hydrogen-bond donors (Lipinski definition) is 0. The number of nitrogens with zero attached hydrogens (tertiary/aromatic N) is 3. The Kier molecular flexibility index (Phi) is 3.56. The molecule has 1 amide bonds. The number of hydrogen-bond acceptors (Lipinski definition) is 5. The van der Waals surface area contributed by atoms with E-state index in [0.29, 0.717) is 24.5 Å². The van der Waals surface area contributed by atoms with E-state index >= 15 is 0 Å². The van der Waals surface area contributed by atoms with Gasteiger partial charge in [0.25, 0.3) is 5.89 Å². The number of anilines is 1. The molecule has 0 saturated carbocycles. The van der Waals surface area contributed by atoms with E-state index in [1.807, 2.05) is 0 Å². The lowest BCUT2D eigenvalue weighted by atomic mass is 10.1. The van der Waals surface area contributed by atoms with Crippen LogP contribution in [0.1, 0.15) is 26.2 Å². The first-order chi connectivity index (χ1) is 10.4. The van der Waals surface area contributed by atoms with Crippen LogP contribution in [0.25, 0.3) is 11.4 Å². The number of carbonyl (C=O) groups excluding carboxylic acids is 1. The number of amides is 1. The topological polar surface area (TPSA) is 68.5 Å². The number of carbonyl (C=O) groups is 1. The van der Waals surface area contributed by atoms with Gasteiger partial charge < -0.3 is 9.26 Å². The summed E-state index contributed by atoms with van der Waals surface area (Å²) in [7, 11) is 0. The van der Waals surface area contributed by atoms with Crippen LogP contribution < -0.4 is 4.90 Å². The fraction of sp³-hybridized carbons (Fsp3) is 0.400. The third kappa shape index (κ3) is 2.79. The predicted octanol–water partition coefficient (Wildman–Crippen LogP) is 3.29. The largest absolute Gasteiger partial charge is 0.449 e. The van der Waals surface area contributed by atoms with Crippen molar-refractivity contribution < 1.29 is 18.4 Å². The molecule has 0 spiro atoms. The number of alkyl halides is 1. The van der Waals surface area contributed by atoms with E-state index in [9.17, 15) is 9.18 Å². The molecule has 2 aromatic rings. The van der Waals surface area contributed by atoms with Gasteiger partial charge in [0.15, 0.2) is 5.67 Å². The molecule has 0 unspecified atom stereocenters. The van der Waals surface area contributed by atoms with E-state index in [1.54, 1.807) is 29.2 Å². The number of ether oxygens (including phenoxy) is 1. The second kappa shape index (κ2) is 5.40.